The van der Waals surface area contributed by atoms with Crippen LogP contribution in [0.2, 0.25) is 0 Å². The molecule has 10 heteroatoms. The lowest BCUT2D eigenvalue weighted by Gasteiger charge is -2.19. The van der Waals surface area contributed by atoms with Crippen LogP contribution in [0.15, 0.2) is 47.5 Å². The van der Waals surface area contributed by atoms with Gasteiger partial charge in [0.1, 0.15) is 11.4 Å². The Bertz CT molecular complexity index is 1460. The zero-order chi connectivity index (χ0) is 26.4. The second-order valence-electron chi connectivity index (χ2n) is 9.65. The fourth-order valence-corrected chi connectivity index (χ4v) is 6.29. The number of aromatic nitrogens is 1. The molecule has 0 bridgehead atoms. The largest absolute Gasteiger partial charge is 0.466 e. The van der Waals surface area contributed by atoms with Gasteiger partial charge in [-0.3, -0.25) is 9.36 Å². The van der Waals surface area contributed by atoms with Crippen LogP contribution in [0, 0.1) is 5.82 Å². The summed E-state index contributed by atoms with van der Waals surface area (Å²) in [5.74, 6) is -0.957. The van der Waals surface area contributed by atoms with Crippen LogP contribution < -0.4 is 0 Å². The van der Waals surface area contributed by atoms with Crippen LogP contribution in [-0.2, 0) is 24.3 Å². The summed E-state index contributed by atoms with van der Waals surface area (Å²) in [6.07, 6.45) is 0.881. The van der Waals surface area contributed by atoms with Gasteiger partial charge < -0.3 is 9.47 Å². The van der Waals surface area contributed by atoms with E-state index < -0.39 is 39.5 Å². The molecule has 0 N–H and O–H groups in total. The smallest absolute Gasteiger partial charge is 0.419 e. The molecule has 0 radical (unpaired) electrons. The molecule has 0 aliphatic carbocycles. The molecule has 4 rings (SSSR count). The number of esters is 1. The molecule has 1 aliphatic rings. The fraction of sp³-hybridized carbons (Fsp3) is 0.385. The molecular weight excluding hydrogens is 487 g/mol. The molecular formula is C26H29FN2O6S. The Morgan fingerprint density at radius 3 is 2.50 bits per heavy atom. The second kappa shape index (κ2) is 9.33. The minimum absolute atomic E-state index is 0.00355. The molecule has 1 unspecified atom stereocenters. The maximum absolute atomic E-state index is 14.1. The number of sulfonamides is 1. The SMILES string of the molecule is CCOC(=O)CCN1C(C)c2cc(-c3cn(C(=O)OC(C)(C)C)c4cc(F)ccc34)ccc2S1(=O)=O. The molecule has 1 aliphatic heterocycles. The zero-order valence-corrected chi connectivity index (χ0v) is 21.7. The van der Waals surface area contributed by atoms with Crippen molar-refractivity contribution in [2.45, 2.75) is 57.6 Å². The van der Waals surface area contributed by atoms with Gasteiger partial charge in [-0.05, 0) is 76.1 Å². The van der Waals surface area contributed by atoms with E-state index in [0.717, 1.165) is 0 Å². The van der Waals surface area contributed by atoms with E-state index >= 15 is 0 Å². The summed E-state index contributed by atoms with van der Waals surface area (Å²) >= 11 is 0. The summed E-state index contributed by atoms with van der Waals surface area (Å²) in [5, 5.41) is 0.620. The van der Waals surface area contributed by atoms with Crippen molar-refractivity contribution in [3.63, 3.8) is 0 Å². The van der Waals surface area contributed by atoms with E-state index in [1.165, 1.54) is 27.1 Å². The Labute approximate surface area is 209 Å². The van der Waals surface area contributed by atoms with Gasteiger partial charge in [0.15, 0.2) is 0 Å². The van der Waals surface area contributed by atoms with Gasteiger partial charge in [0, 0.05) is 29.7 Å². The first kappa shape index (κ1) is 25.8. The van der Waals surface area contributed by atoms with E-state index in [0.29, 0.717) is 27.6 Å². The van der Waals surface area contributed by atoms with Crippen LogP contribution in [0.3, 0.4) is 0 Å². The third-order valence-corrected chi connectivity index (χ3v) is 8.03. The summed E-state index contributed by atoms with van der Waals surface area (Å²) in [4.78, 5) is 24.8. The number of halogens is 1. The Kier molecular flexibility index (Phi) is 6.70. The second-order valence-corrected chi connectivity index (χ2v) is 11.5. The van der Waals surface area contributed by atoms with Gasteiger partial charge in [-0.15, -0.1) is 0 Å². The van der Waals surface area contributed by atoms with Crippen LogP contribution in [0.25, 0.3) is 22.0 Å². The van der Waals surface area contributed by atoms with Crippen molar-refractivity contribution < 1.29 is 31.9 Å². The van der Waals surface area contributed by atoms with Crippen LogP contribution >= 0.6 is 0 Å². The quantitative estimate of drug-likeness (QED) is 0.430. The average Bonchev–Trinajstić information content (AvgIpc) is 3.24. The molecule has 0 amide bonds. The van der Waals surface area contributed by atoms with E-state index in [4.69, 9.17) is 9.47 Å². The highest BCUT2D eigenvalue weighted by atomic mass is 32.2. The van der Waals surface area contributed by atoms with E-state index in [9.17, 15) is 22.4 Å². The third kappa shape index (κ3) is 4.75. The lowest BCUT2D eigenvalue weighted by atomic mass is 9.99. The number of fused-ring (bicyclic) bond motifs is 2. The molecule has 36 heavy (non-hydrogen) atoms. The highest BCUT2D eigenvalue weighted by molar-refractivity contribution is 7.89. The van der Waals surface area contributed by atoms with Crippen molar-refractivity contribution in [3.05, 3.63) is 54.0 Å². The first-order valence-corrected chi connectivity index (χ1v) is 13.1. The van der Waals surface area contributed by atoms with E-state index in [1.54, 1.807) is 59.0 Å². The van der Waals surface area contributed by atoms with Gasteiger partial charge >= 0.3 is 12.1 Å². The van der Waals surface area contributed by atoms with Gasteiger partial charge in [0.25, 0.3) is 0 Å². The number of nitrogens with zero attached hydrogens (tertiary/aromatic N) is 2. The maximum Gasteiger partial charge on any atom is 0.419 e. The van der Waals surface area contributed by atoms with Crippen LogP contribution in [0.1, 0.15) is 52.6 Å². The van der Waals surface area contributed by atoms with Crippen molar-refractivity contribution in [2.75, 3.05) is 13.2 Å². The number of carbonyl (C=O) groups excluding carboxylic acids is 2. The number of ether oxygens (including phenoxy) is 2. The van der Waals surface area contributed by atoms with Gasteiger partial charge in [-0.1, -0.05) is 6.07 Å². The number of carbonyl (C=O) groups is 2. The van der Waals surface area contributed by atoms with E-state index in [-0.39, 0.29) is 24.5 Å². The van der Waals surface area contributed by atoms with Crippen LogP contribution in [-0.4, -0.2) is 48.1 Å². The normalized spacial score (nSPS) is 17.2. The zero-order valence-electron chi connectivity index (χ0n) is 20.9. The summed E-state index contributed by atoms with van der Waals surface area (Å²) in [6.45, 7) is 8.92. The Morgan fingerprint density at radius 2 is 1.83 bits per heavy atom. The van der Waals surface area contributed by atoms with Crippen molar-refractivity contribution in [1.29, 1.82) is 0 Å². The highest BCUT2D eigenvalue weighted by Gasteiger charge is 2.40. The minimum atomic E-state index is -3.79. The van der Waals surface area contributed by atoms with E-state index in [2.05, 4.69) is 0 Å². The molecule has 8 nitrogen and oxygen atoms in total. The predicted molar refractivity (Wildman–Crippen MR) is 133 cm³/mol. The molecule has 0 fully saturated rings. The van der Waals surface area contributed by atoms with Crippen molar-refractivity contribution in [3.8, 4) is 11.1 Å². The standard InChI is InChI=1S/C26H29FN2O6S/c1-6-34-24(30)11-12-29-16(2)20-13-17(7-10-23(20)36(29,32)33)21-15-28(25(31)35-26(3,4)5)22-14-18(27)8-9-19(21)22/h7-10,13-16H,6,11-12H2,1-5H3. The summed E-state index contributed by atoms with van der Waals surface area (Å²) in [5.41, 5.74) is 1.48. The Hall–Kier alpha value is -3.24. The molecule has 0 saturated carbocycles. The molecule has 2 aromatic carbocycles. The summed E-state index contributed by atoms with van der Waals surface area (Å²) < 4.78 is 53.4. The van der Waals surface area contributed by atoms with Crippen molar-refractivity contribution >= 4 is 33.0 Å². The number of hydrogen-bond donors (Lipinski definition) is 0. The lowest BCUT2D eigenvalue weighted by molar-refractivity contribution is -0.143. The van der Waals surface area contributed by atoms with Crippen molar-refractivity contribution in [1.82, 2.24) is 8.87 Å². The summed E-state index contributed by atoms with van der Waals surface area (Å²) in [6, 6.07) is 8.61. The number of rotatable bonds is 5. The van der Waals surface area contributed by atoms with Crippen molar-refractivity contribution in [2.24, 2.45) is 0 Å². The number of benzene rings is 2. The number of hydrogen-bond acceptors (Lipinski definition) is 6. The topological polar surface area (TPSA) is 94.9 Å². The fourth-order valence-electron chi connectivity index (χ4n) is 4.41. The monoisotopic (exact) mass is 516 g/mol. The molecule has 1 atom stereocenters. The summed E-state index contributed by atoms with van der Waals surface area (Å²) in [7, 11) is -3.79. The first-order valence-electron chi connectivity index (χ1n) is 11.7. The van der Waals surface area contributed by atoms with E-state index in [1.807, 2.05) is 0 Å². The molecule has 0 spiro atoms. The Morgan fingerprint density at radius 1 is 1.11 bits per heavy atom. The van der Waals surface area contributed by atoms with Gasteiger partial charge in [0.2, 0.25) is 10.0 Å². The van der Waals surface area contributed by atoms with Crippen LogP contribution in [0.5, 0.6) is 0 Å². The average molecular weight is 517 g/mol. The molecule has 0 saturated heterocycles. The first-order chi connectivity index (χ1) is 16.8. The van der Waals surface area contributed by atoms with Crippen LogP contribution in [0.4, 0.5) is 9.18 Å². The molecule has 192 valence electrons. The predicted octanol–water partition coefficient (Wildman–Crippen LogP) is 5.25. The van der Waals surface area contributed by atoms with Gasteiger partial charge in [0.05, 0.1) is 23.4 Å². The lowest BCUT2D eigenvalue weighted by Crippen LogP contribution is -2.29. The molecule has 2 heterocycles. The molecule has 1 aromatic heterocycles. The highest BCUT2D eigenvalue weighted by Crippen LogP contribution is 2.42. The Balaban J connectivity index is 1.75. The third-order valence-electron chi connectivity index (χ3n) is 5.99. The van der Waals surface area contributed by atoms with Gasteiger partial charge in [-0.25, -0.2) is 17.6 Å². The molecule has 3 aromatic rings. The van der Waals surface area contributed by atoms with Gasteiger partial charge in [-0.2, -0.15) is 4.31 Å². The minimum Gasteiger partial charge on any atom is -0.466 e. The maximum atomic E-state index is 14.1.